The van der Waals surface area contributed by atoms with E-state index in [0.29, 0.717) is 6.54 Å². The predicted octanol–water partition coefficient (Wildman–Crippen LogP) is 3.98. The monoisotopic (exact) mass is 251 g/mol. The third-order valence-corrected chi connectivity index (χ3v) is 3.37. The Morgan fingerprint density at radius 2 is 1.63 bits per heavy atom. The Hall–Kier alpha value is -1.86. The van der Waals surface area contributed by atoms with E-state index in [1.165, 1.54) is 27.8 Å². The fraction of sp³-hybridized carbons (Fsp3) is 0.222. The van der Waals surface area contributed by atoms with Gasteiger partial charge < -0.3 is 5.73 Å². The summed E-state index contributed by atoms with van der Waals surface area (Å²) in [5.74, 6) is 0. The van der Waals surface area contributed by atoms with E-state index in [4.69, 9.17) is 5.73 Å². The molecule has 19 heavy (non-hydrogen) atoms. The van der Waals surface area contributed by atoms with Crippen molar-refractivity contribution in [1.82, 2.24) is 0 Å². The number of rotatable bonds is 4. The molecule has 0 saturated heterocycles. The van der Waals surface area contributed by atoms with E-state index in [1.807, 2.05) is 0 Å². The second-order valence-corrected chi connectivity index (χ2v) is 4.92. The van der Waals surface area contributed by atoms with Crippen LogP contribution in [0.2, 0.25) is 0 Å². The van der Waals surface area contributed by atoms with E-state index < -0.39 is 0 Å². The molecule has 2 rings (SSSR count). The van der Waals surface area contributed by atoms with Crippen LogP contribution < -0.4 is 5.73 Å². The van der Waals surface area contributed by atoms with E-state index in [0.717, 1.165) is 6.42 Å². The molecule has 0 aliphatic carbocycles. The van der Waals surface area contributed by atoms with Crippen LogP contribution in [-0.4, -0.2) is 6.54 Å². The van der Waals surface area contributed by atoms with Crippen LogP contribution in [-0.2, 0) is 6.42 Å². The lowest BCUT2D eigenvalue weighted by atomic mass is 10.0. The highest BCUT2D eigenvalue weighted by Gasteiger charge is 1.98. The van der Waals surface area contributed by atoms with Crippen LogP contribution in [0.4, 0.5) is 0 Å². The van der Waals surface area contributed by atoms with Crippen molar-refractivity contribution in [3.05, 3.63) is 70.3 Å². The summed E-state index contributed by atoms with van der Waals surface area (Å²) >= 11 is 0. The number of aryl methyl sites for hydroxylation is 2. The Morgan fingerprint density at radius 3 is 2.32 bits per heavy atom. The predicted molar refractivity (Wildman–Crippen MR) is 84.0 cm³/mol. The molecular formula is C18H21N. The summed E-state index contributed by atoms with van der Waals surface area (Å²) in [6, 6.07) is 15.0. The van der Waals surface area contributed by atoms with Gasteiger partial charge in [-0.3, -0.25) is 0 Å². The summed E-state index contributed by atoms with van der Waals surface area (Å²) in [6.45, 7) is 5.00. The molecule has 1 heteroatoms. The minimum atomic E-state index is 0.698. The highest BCUT2D eigenvalue weighted by molar-refractivity contribution is 5.72. The molecular weight excluding hydrogens is 230 g/mol. The molecule has 0 saturated carbocycles. The van der Waals surface area contributed by atoms with Crippen molar-refractivity contribution < 1.29 is 0 Å². The Morgan fingerprint density at radius 1 is 0.947 bits per heavy atom. The first-order valence-corrected chi connectivity index (χ1v) is 6.74. The van der Waals surface area contributed by atoms with Crippen LogP contribution in [0.5, 0.6) is 0 Å². The SMILES string of the molecule is Cc1cccc(C)c1C=Cc1cccc(CCN)c1. The minimum absolute atomic E-state index is 0.698. The first-order valence-electron chi connectivity index (χ1n) is 6.74. The van der Waals surface area contributed by atoms with Gasteiger partial charge in [-0.25, -0.2) is 0 Å². The summed E-state index contributed by atoms with van der Waals surface area (Å²) in [4.78, 5) is 0. The van der Waals surface area contributed by atoms with E-state index in [1.54, 1.807) is 0 Å². The van der Waals surface area contributed by atoms with Crippen LogP contribution >= 0.6 is 0 Å². The van der Waals surface area contributed by atoms with Crippen LogP contribution in [0.15, 0.2) is 42.5 Å². The molecule has 2 N–H and O–H groups in total. The summed E-state index contributed by atoms with van der Waals surface area (Å²) < 4.78 is 0. The van der Waals surface area contributed by atoms with Gasteiger partial charge in [0.25, 0.3) is 0 Å². The summed E-state index contributed by atoms with van der Waals surface area (Å²) in [7, 11) is 0. The quantitative estimate of drug-likeness (QED) is 0.817. The summed E-state index contributed by atoms with van der Waals surface area (Å²) in [6.07, 6.45) is 5.31. The van der Waals surface area contributed by atoms with Gasteiger partial charge >= 0.3 is 0 Å². The first kappa shape index (κ1) is 13.6. The molecule has 2 aromatic carbocycles. The topological polar surface area (TPSA) is 26.0 Å². The smallest absolute Gasteiger partial charge is 0.00367 e. The molecule has 0 heterocycles. The van der Waals surface area contributed by atoms with Gasteiger partial charge in [-0.2, -0.15) is 0 Å². The van der Waals surface area contributed by atoms with Crippen LogP contribution in [0.1, 0.15) is 27.8 Å². The molecule has 0 amide bonds. The zero-order valence-corrected chi connectivity index (χ0v) is 11.7. The molecule has 0 fully saturated rings. The lowest BCUT2D eigenvalue weighted by Crippen LogP contribution is -2.02. The number of nitrogens with two attached hydrogens (primary N) is 1. The molecule has 0 aromatic heterocycles. The van der Waals surface area contributed by atoms with Crippen LogP contribution in [0, 0.1) is 13.8 Å². The second kappa shape index (κ2) is 6.35. The number of benzene rings is 2. The average molecular weight is 251 g/mol. The first-order chi connectivity index (χ1) is 9.20. The molecule has 0 radical (unpaired) electrons. The molecule has 0 aliphatic rings. The van der Waals surface area contributed by atoms with Gasteiger partial charge in [0.05, 0.1) is 0 Å². The van der Waals surface area contributed by atoms with E-state index in [-0.39, 0.29) is 0 Å². The zero-order valence-electron chi connectivity index (χ0n) is 11.7. The van der Waals surface area contributed by atoms with Crippen molar-refractivity contribution in [3.63, 3.8) is 0 Å². The highest BCUT2D eigenvalue weighted by Crippen LogP contribution is 2.17. The molecule has 0 unspecified atom stereocenters. The fourth-order valence-electron chi connectivity index (χ4n) is 2.29. The average Bonchev–Trinajstić information content (AvgIpc) is 2.39. The molecule has 0 spiro atoms. The van der Waals surface area contributed by atoms with Crippen molar-refractivity contribution in [2.45, 2.75) is 20.3 Å². The maximum atomic E-state index is 5.60. The van der Waals surface area contributed by atoms with Gasteiger partial charge in [-0.1, -0.05) is 54.6 Å². The standard InChI is InChI=1S/C18H21N/c1-14-5-3-6-15(2)18(14)10-9-16-7-4-8-17(13-16)11-12-19/h3-10,13H,11-12,19H2,1-2H3. The van der Waals surface area contributed by atoms with Crippen molar-refractivity contribution in [2.24, 2.45) is 5.73 Å². The van der Waals surface area contributed by atoms with E-state index in [2.05, 4.69) is 68.5 Å². The molecule has 2 aromatic rings. The minimum Gasteiger partial charge on any atom is -0.330 e. The fourth-order valence-corrected chi connectivity index (χ4v) is 2.29. The molecule has 0 atom stereocenters. The molecule has 0 bridgehead atoms. The summed E-state index contributed by atoms with van der Waals surface area (Å²) in [5.41, 5.74) is 12.1. The number of hydrogen-bond acceptors (Lipinski definition) is 1. The Labute approximate surface area is 115 Å². The van der Waals surface area contributed by atoms with Crippen molar-refractivity contribution >= 4 is 12.2 Å². The van der Waals surface area contributed by atoms with E-state index >= 15 is 0 Å². The highest BCUT2D eigenvalue weighted by atomic mass is 14.5. The zero-order chi connectivity index (χ0) is 13.7. The molecule has 1 nitrogen and oxygen atoms in total. The third-order valence-electron chi connectivity index (χ3n) is 3.37. The van der Waals surface area contributed by atoms with Gasteiger partial charge in [0.2, 0.25) is 0 Å². The van der Waals surface area contributed by atoms with Crippen LogP contribution in [0.3, 0.4) is 0 Å². The lowest BCUT2D eigenvalue weighted by Gasteiger charge is -2.05. The van der Waals surface area contributed by atoms with Crippen molar-refractivity contribution in [2.75, 3.05) is 6.54 Å². The van der Waals surface area contributed by atoms with Gasteiger partial charge in [-0.05, 0) is 54.6 Å². The van der Waals surface area contributed by atoms with Gasteiger partial charge in [-0.15, -0.1) is 0 Å². The Balaban J connectivity index is 2.25. The van der Waals surface area contributed by atoms with Crippen molar-refractivity contribution in [3.8, 4) is 0 Å². The maximum absolute atomic E-state index is 5.60. The summed E-state index contributed by atoms with van der Waals surface area (Å²) in [5, 5.41) is 0. The molecule has 98 valence electrons. The third kappa shape index (κ3) is 3.55. The Kier molecular flexibility index (Phi) is 4.53. The number of hydrogen-bond donors (Lipinski definition) is 1. The molecule has 0 aliphatic heterocycles. The van der Waals surface area contributed by atoms with Gasteiger partial charge in [0.15, 0.2) is 0 Å². The van der Waals surface area contributed by atoms with Gasteiger partial charge in [0, 0.05) is 0 Å². The van der Waals surface area contributed by atoms with Gasteiger partial charge in [0.1, 0.15) is 0 Å². The normalized spacial score (nSPS) is 11.1. The van der Waals surface area contributed by atoms with Crippen LogP contribution in [0.25, 0.3) is 12.2 Å². The van der Waals surface area contributed by atoms with E-state index in [9.17, 15) is 0 Å². The largest absolute Gasteiger partial charge is 0.330 e. The lowest BCUT2D eigenvalue weighted by molar-refractivity contribution is 0.968. The Bertz CT molecular complexity index is 562. The van der Waals surface area contributed by atoms with Crippen molar-refractivity contribution in [1.29, 1.82) is 0 Å². The second-order valence-electron chi connectivity index (χ2n) is 4.92. The maximum Gasteiger partial charge on any atom is -0.00367 e.